The Morgan fingerprint density at radius 1 is 1.09 bits per heavy atom. The topological polar surface area (TPSA) is 48.0 Å². The zero-order valence-corrected chi connectivity index (χ0v) is 21.4. The molecule has 0 unspecified atom stereocenters. The highest BCUT2D eigenvalue weighted by Gasteiger charge is 2.47. The van der Waals surface area contributed by atoms with Gasteiger partial charge in [0.05, 0.1) is 12.5 Å². The van der Waals surface area contributed by atoms with Gasteiger partial charge in [-0.3, -0.25) is 9.69 Å². The molecule has 1 aliphatic rings. The molecule has 2 aromatic carbocycles. The molecule has 5 nitrogen and oxygen atoms in total. The lowest BCUT2D eigenvalue weighted by Crippen LogP contribution is -2.49. The molecule has 1 aliphatic heterocycles. The second-order valence-corrected chi connectivity index (χ2v) is 10.4. The molecule has 0 radical (unpaired) electrons. The molecule has 1 fully saturated rings. The van der Waals surface area contributed by atoms with Gasteiger partial charge in [-0.2, -0.15) is 0 Å². The average molecular weight is 466 g/mol. The standard InChI is InChI=1S/C29H39NO4/c1-8-25-27(34-29(6,7)32-25)24(19-26(31)33-28(3,4)5)30(20-22-15-11-9-12-16-22)21(2)23-17-13-10-14-18-23/h8-18,21,24-25,27H,1,19-20H2,2-7H3/t21-,24-,25+,27-/m0/s1. The molecule has 1 saturated heterocycles. The minimum atomic E-state index is -0.774. The first kappa shape index (κ1) is 26.1. The third-order valence-electron chi connectivity index (χ3n) is 5.98. The lowest BCUT2D eigenvalue weighted by atomic mass is 9.95. The molecule has 5 heteroatoms. The Morgan fingerprint density at radius 2 is 1.68 bits per heavy atom. The zero-order valence-electron chi connectivity index (χ0n) is 21.4. The van der Waals surface area contributed by atoms with Gasteiger partial charge in [0.15, 0.2) is 5.79 Å². The summed E-state index contributed by atoms with van der Waals surface area (Å²) < 4.78 is 18.3. The molecular weight excluding hydrogens is 426 g/mol. The lowest BCUT2D eigenvalue weighted by Gasteiger charge is -2.40. The molecule has 0 bridgehead atoms. The number of carbonyl (C=O) groups is 1. The van der Waals surface area contributed by atoms with Crippen molar-refractivity contribution in [1.82, 2.24) is 4.90 Å². The number of esters is 1. The fourth-order valence-corrected chi connectivity index (χ4v) is 4.53. The highest BCUT2D eigenvalue weighted by Crippen LogP contribution is 2.37. The number of ether oxygens (including phenoxy) is 3. The molecule has 3 rings (SSSR count). The van der Waals surface area contributed by atoms with Crippen molar-refractivity contribution in [2.45, 2.75) is 90.2 Å². The molecule has 1 heterocycles. The molecule has 4 atom stereocenters. The minimum Gasteiger partial charge on any atom is -0.460 e. The molecule has 184 valence electrons. The SMILES string of the molecule is C=C[C@H]1OC(C)(C)O[C@H]1[C@H](CC(=O)OC(C)(C)C)N(Cc1ccccc1)[C@@H](C)c1ccccc1. The molecule has 0 N–H and O–H groups in total. The van der Waals surface area contributed by atoms with E-state index in [0.717, 1.165) is 5.56 Å². The van der Waals surface area contributed by atoms with E-state index in [0.29, 0.717) is 6.54 Å². The first-order valence-electron chi connectivity index (χ1n) is 12.0. The van der Waals surface area contributed by atoms with Crippen molar-refractivity contribution >= 4 is 5.97 Å². The van der Waals surface area contributed by atoms with E-state index in [4.69, 9.17) is 14.2 Å². The van der Waals surface area contributed by atoms with Crippen molar-refractivity contribution in [3.63, 3.8) is 0 Å². The van der Waals surface area contributed by atoms with Crippen LogP contribution in [0.3, 0.4) is 0 Å². The van der Waals surface area contributed by atoms with Crippen molar-refractivity contribution in [3.05, 3.63) is 84.4 Å². The van der Waals surface area contributed by atoms with Gasteiger partial charge in [-0.1, -0.05) is 66.7 Å². The van der Waals surface area contributed by atoms with Crippen molar-refractivity contribution in [1.29, 1.82) is 0 Å². The maximum absolute atomic E-state index is 13.1. The fraction of sp³-hybridized carbons (Fsp3) is 0.483. The van der Waals surface area contributed by atoms with Crippen LogP contribution in [0.1, 0.15) is 65.1 Å². The molecule has 0 saturated carbocycles. The number of nitrogens with zero attached hydrogens (tertiary/aromatic N) is 1. The van der Waals surface area contributed by atoms with E-state index in [1.54, 1.807) is 6.08 Å². The van der Waals surface area contributed by atoms with Crippen LogP contribution in [0.25, 0.3) is 0 Å². The van der Waals surface area contributed by atoms with Gasteiger partial charge in [-0.15, -0.1) is 6.58 Å². The third kappa shape index (κ3) is 7.02. The highest BCUT2D eigenvalue weighted by molar-refractivity contribution is 5.70. The molecule has 0 aromatic heterocycles. The second-order valence-electron chi connectivity index (χ2n) is 10.4. The van der Waals surface area contributed by atoms with E-state index < -0.39 is 11.4 Å². The normalized spacial score (nSPS) is 21.7. The summed E-state index contributed by atoms with van der Waals surface area (Å²) in [4.78, 5) is 15.5. The van der Waals surface area contributed by atoms with Gasteiger partial charge in [-0.05, 0) is 52.7 Å². The van der Waals surface area contributed by atoms with Crippen LogP contribution in [0.15, 0.2) is 73.3 Å². The highest BCUT2D eigenvalue weighted by atomic mass is 16.8. The number of rotatable bonds is 9. The van der Waals surface area contributed by atoms with E-state index in [-0.39, 0.29) is 36.7 Å². The predicted octanol–water partition coefficient (Wildman–Crippen LogP) is 6.06. The van der Waals surface area contributed by atoms with E-state index in [9.17, 15) is 4.79 Å². The monoisotopic (exact) mass is 465 g/mol. The summed E-state index contributed by atoms with van der Waals surface area (Å²) in [7, 11) is 0. The summed E-state index contributed by atoms with van der Waals surface area (Å²) in [6.45, 7) is 16.3. The smallest absolute Gasteiger partial charge is 0.308 e. The predicted molar refractivity (Wildman–Crippen MR) is 135 cm³/mol. The number of benzene rings is 2. The molecule has 0 amide bonds. The van der Waals surface area contributed by atoms with Gasteiger partial charge in [0.2, 0.25) is 0 Å². The van der Waals surface area contributed by atoms with Gasteiger partial charge in [0, 0.05) is 12.6 Å². The third-order valence-corrected chi connectivity index (χ3v) is 5.98. The Bertz CT molecular complexity index is 936. The maximum Gasteiger partial charge on any atom is 0.308 e. The van der Waals surface area contributed by atoms with Crippen LogP contribution >= 0.6 is 0 Å². The van der Waals surface area contributed by atoms with E-state index in [1.807, 2.05) is 71.0 Å². The number of carbonyl (C=O) groups excluding carboxylic acids is 1. The van der Waals surface area contributed by atoms with Crippen LogP contribution in [-0.4, -0.2) is 40.5 Å². The molecule has 0 spiro atoms. The summed E-state index contributed by atoms with van der Waals surface area (Å²) >= 11 is 0. The van der Waals surface area contributed by atoms with Crippen LogP contribution in [0, 0.1) is 0 Å². The van der Waals surface area contributed by atoms with Gasteiger partial charge < -0.3 is 14.2 Å². The summed E-state index contributed by atoms with van der Waals surface area (Å²) in [5.74, 6) is -1.03. The van der Waals surface area contributed by atoms with Crippen molar-refractivity contribution < 1.29 is 19.0 Å². The van der Waals surface area contributed by atoms with Crippen molar-refractivity contribution in [2.75, 3.05) is 0 Å². The van der Waals surface area contributed by atoms with Crippen LogP contribution in [0.2, 0.25) is 0 Å². The van der Waals surface area contributed by atoms with Crippen LogP contribution in [0.5, 0.6) is 0 Å². The number of hydrogen-bond donors (Lipinski definition) is 0. The first-order chi connectivity index (χ1) is 16.0. The average Bonchev–Trinajstić information content (AvgIpc) is 3.10. The van der Waals surface area contributed by atoms with Crippen LogP contribution in [0.4, 0.5) is 0 Å². The Kier molecular flexibility index (Phi) is 8.34. The zero-order chi connectivity index (χ0) is 24.9. The van der Waals surface area contributed by atoms with Gasteiger partial charge in [-0.25, -0.2) is 0 Å². The fourth-order valence-electron chi connectivity index (χ4n) is 4.53. The molecular formula is C29H39NO4. The minimum absolute atomic E-state index is 0.0200. The van der Waals surface area contributed by atoms with Gasteiger partial charge >= 0.3 is 5.97 Å². The van der Waals surface area contributed by atoms with Gasteiger partial charge in [0.1, 0.15) is 17.8 Å². The summed E-state index contributed by atoms with van der Waals surface area (Å²) in [6, 6.07) is 20.4. The molecule has 2 aromatic rings. The van der Waals surface area contributed by atoms with E-state index >= 15 is 0 Å². The van der Waals surface area contributed by atoms with E-state index in [2.05, 4.69) is 42.7 Å². The summed E-state index contributed by atoms with van der Waals surface area (Å²) in [5, 5.41) is 0. The Labute approximate surface area is 204 Å². The number of hydrogen-bond acceptors (Lipinski definition) is 5. The van der Waals surface area contributed by atoms with Crippen LogP contribution in [-0.2, 0) is 25.5 Å². The summed E-state index contributed by atoms with van der Waals surface area (Å²) in [6.07, 6.45) is 1.23. The lowest BCUT2D eigenvalue weighted by molar-refractivity contribution is -0.164. The largest absolute Gasteiger partial charge is 0.460 e. The van der Waals surface area contributed by atoms with Crippen molar-refractivity contribution in [2.24, 2.45) is 0 Å². The molecule has 34 heavy (non-hydrogen) atoms. The Balaban J connectivity index is 2.03. The van der Waals surface area contributed by atoms with Gasteiger partial charge in [0.25, 0.3) is 0 Å². The van der Waals surface area contributed by atoms with Crippen LogP contribution < -0.4 is 0 Å². The van der Waals surface area contributed by atoms with E-state index in [1.165, 1.54) is 5.56 Å². The summed E-state index contributed by atoms with van der Waals surface area (Å²) in [5.41, 5.74) is 1.76. The quantitative estimate of drug-likeness (QED) is 0.333. The molecule has 0 aliphatic carbocycles. The Morgan fingerprint density at radius 3 is 2.24 bits per heavy atom. The maximum atomic E-state index is 13.1. The second kappa shape index (κ2) is 10.9. The first-order valence-corrected chi connectivity index (χ1v) is 12.0. The van der Waals surface area contributed by atoms with Crippen molar-refractivity contribution in [3.8, 4) is 0 Å². The Hall–Kier alpha value is -2.47.